The minimum absolute atomic E-state index is 0.0121. The zero-order chi connectivity index (χ0) is 29.5. The van der Waals surface area contributed by atoms with E-state index in [1.807, 2.05) is 48.3 Å². The summed E-state index contributed by atoms with van der Waals surface area (Å²) in [7, 11) is 1.91. The van der Waals surface area contributed by atoms with Crippen molar-refractivity contribution < 1.29 is 14.4 Å². The Morgan fingerprint density at radius 1 is 1.19 bits per heavy atom. The Balaban J connectivity index is 1.27. The van der Waals surface area contributed by atoms with Gasteiger partial charge in [-0.1, -0.05) is 18.2 Å². The van der Waals surface area contributed by atoms with E-state index < -0.39 is 6.03 Å². The van der Waals surface area contributed by atoms with Gasteiger partial charge in [0.1, 0.15) is 23.4 Å². The number of carbonyl (C=O) groups is 3. The Morgan fingerprint density at radius 3 is 2.79 bits per heavy atom. The number of piperazine rings is 1. The Morgan fingerprint density at radius 2 is 2.02 bits per heavy atom. The molecule has 4 heterocycles. The summed E-state index contributed by atoms with van der Waals surface area (Å²) in [5.74, 6) is 1.53. The number of urea groups is 1. The van der Waals surface area contributed by atoms with Crippen molar-refractivity contribution in [2.75, 3.05) is 61.1 Å². The molecule has 3 amide bonds. The summed E-state index contributed by atoms with van der Waals surface area (Å²) >= 11 is 1.70. The first kappa shape index (κ1) is 29.0. The number of aldehydes is 1. The summed E-state index contributed by atoms with van der Waals surface area (Å²) < 4.78 is 0. The van der Waals surface area contributed by atoms with Crippen molar-refractivity contribution in [2.45, 2.75) is 24.3 Å². The van der Waals surface area contributed by atoms with Crippen molar-refractivity contribution in [3.63, 3.8) is 0 Å². The average Bonchev–Trinajstić information content (AvgIpc) is 3.00. The molecule has 2 aromatic heterocycles. The van der Waals surface area contributed by atoms with Crippen LogP contribution in [0.2, 0.25) is 0 Å². The molecular weight excluding hydrogens is 552 g/mol. The molecule has 1 fully saturated rings. The Hall–Kier alpha value is -4.47. The lowest BCUT2D eigenvalue weighted by Gasteiger charge is -2.33. The van der Waals surface area contributed by atoms with Crippen LogP contribution in [0.4, 0.5) is 22.1 Å². The third-order valence-electron chi connectivity index (χ3n) is 7.19. The van der Waals surface area contributed by atoms with Gasteiger partial charge in [0.05, 0.1) is 17.8 Å². The summed E-state index contributed by atoms with van der Waals surface area (Å²) in [6.45, 7) is 3.05. The van der Waals surface area contributed by atoms with Crippen molar-refractivity contribution >= 4 is 47.3 Å². The number of pyridine rings is 2. The molecule has 0 spiro atoms. The number of thioether (sulfide) groups is 1. The van der Waals surface area contributed by atoms with Gasteiger partial charge in [-0.2, -0.15) is 5.26 Å². The normalized spacial score (nSPS) is 15.1. The molecule has 1 saturated heterocycles. The molecule has 0 aliphatic carbocycles. The van der Waals surface area contributed by atoms with Crippen LogP contribution in [0.3, 0.4) is 0 Å². The number of hydrogen-bond donors (Lipinski definition) is 2. The fourth-order valence-electron chi connectivity index (χ4n) is 4.99. The van der Waals surface area contributed by atoms with Crippen LogP contribution in [-0.2, 0) is 17.8 Å². The van der Waals surface area contributed by atoms with Crippen LogP contribution in [0, 0.1) is 11.3 Å². The Kier molecular flexibility index (Phi) is 9.31. The number of carbonyl (C=O) groups excluding carboxylic acids is 3. The summed E-state index contributed by atoms with van der Waals surface area (Å²) in [4.78, 5) is 53.1. The number of fused-ring (bicyclic) bond motifs is 1. The number of hydrogen-bond acceptors (Lipinski definition) is 9. The maximum Gasteiger partial charge on any atom is 0.328 e. The zero-order valence-electron chi connectivity index (χ0n) is 23.4. The third-order valence-corrected chi connectivity index (χ3v) is 8.20. The number of nitrogens with one attached hydrogen (secondary N) is 2. The molecule has 2 aliphatic heterocycles. The molecule has 0 atom stereocenters. The van der Waals surface area contributed by atoms with E-state index in [9.17, 15) is 19.6 Å². The zero-order valence-corrected chi connectivity index (χ0v) is 24.2. The standard InChI is InChI=1S/C30H32N8O3S/c1-36-11-12-37(28(40)19-36)18-22-14-21-6-5-10-38(29(21)34-26(22)20-39)30(41)35-27-15-25(23(16-31)17-33-27)32-9-13-42-24-7-3-2-4-8-24/h2-4,7-8,14-15,17,20H,5-6,9-13,18-19H2,1H3,(H2,32,33,35,41). The molecule has 2 N–H and O–H groups in total. The van der Waals surface area contributed by atoms with Gasteiger partial charge in [-0.05, 0) is 43.7 Å². The quantitative estimate of drug-likeness (QED) is 0.220. The number of aryl methyl sites for hydroxylation is 1. The van der Waals surface area contributed by atoms with Gasteiger partial charge < -0.3 is 10.2 Å². The second-order valence-corrected chi connectivity index (χ2v) is 11.4. The monoisotopic (exact) mass is 584 g/mol. The smallest absolute Gasteiger partial charge is 0.328 e. The molecule has 12 heteroatoms. The van der Waals surface area contributed by atoms with Gasteiger partial charge in [0.25, 0.3) is 0 Å². The van der Waals surface area contributed by atoms with E-state index in [1.54, 1.807) is 22.7 Å². The van der Waals surface area contributed by atoms with Crippen LogP contribution < -0.4 is 15.5 Å². The predicted octanol–water partition coefficient (Wildman–Crippen LogP) is 3.62. The number of aromatic nitrogens is 2. The highest BCUT2D eigenvalue weighted by Crippen LogP contribution is 2.29. The van der Waals surface area contributed by atoms with Gasteiger partial charge in [0.15, 0.2) is 6.29 Å². The maximum absolute atomic E-state index is 13.4. The molecule has 11 nitrogen and oxygen atoms in total. The topological polar surface area (TPSA) is 135 Å². The third kappa shape index (κ3) is 6.87. The van der Waals surface area contributed by atoms with Gasteiger partial charge in [0.2, 0.25) is 5.91 Å². The highest BCUT2D eigenvalue weighted by molar-refractivity contribution is 7.99. The largest absolute Gasteiger partial charge is 0.383 e. The molecule has 42 heavy (non-hydrogen) atoms. The van der Waals surface area contributed by atoms with Crippen LogP contribution in [0.1, 0.15) is 33.6 Å². The second-order valence-electron chi connectivity index (χ2n) is 10.2. The summed E-state index contributed by atoms with van der Waals surface area (Å²) in [6, 6.07) is 15.3. The minimum atomic E-state index is -0.426. The van der Waals surface area contributed by atoms with Crippen LogP contribution in [0.5, 0.6) is 0 Å². The summed E-state index contributed by atoms with van der Waals surface area (Å²) in [5, 5.41) is 15.6. The number of likely N-dealkylation sites (N-methyl/N-ethyl adjacent to an activating group) is 1. The summed E-state index contributed by atoms with van der Waals surface area (Å²) in [6.07, 6.45) is 3.54. The first-order valence-electron chi connectivity index (χ1n) is 13.8. The van der Waals surface area contributed by atoms with Gasteiger partial charge in [0, 0.05) is 61.2 Å². The van der Waals surface area contributed by atoms with E-state index in [0.29, 0.717) is 73.9 Å². The predicted molar refractivity (Wildman–Crippen MR) is 162 cm³/mol. The molecule has 5 rings (SSSR count). The molecule has 0 unspecified atom stereocenters. The fourth-order valence-corrected chi connectivity index (χ4v) is 5.78. The van der Waals surface area contributed by atoms with Crippen molar-refractivity contribution in [3.8, 4) is 6.07 Å². The molecular formula is C30H32N8O3S. The lowest BCUT2D eigenvalue weighted by atomic mass is 10.0. The first-order valence-corrected chi connectivity index (χ1v) is 14.8. The van der Waals surface area contributed by atoms with E-state index in [1.165, 1.54) is 11.1 Å². The number of amides is 3. The molecule has 0 saturated carbocycles. The van der Waals surface area contributed by atoms with E-state index in [0.717, 1.165) is 29.2 Å². The Labute approximate surface area is 248 Å². The van der Waals surface area contributed by atoms with Gasteiger partial charge in [-0.3, -0.25) is 24.7 Å². The number of nitrogens with zero attached hydrogens (tertiary/aromatic N) is 6. The van der Waals surface area contributed by atoms with Gasteiger partial charge in [-0.15, -0.1) is 11.8 Å². The average molecular weight is 585 g/mol. The van der Waals surface area contributed by atoms with Crippen molar-refractivity contribution in [1.82, 2.24) is 19.8 Å². The SMILES string of the molecule is CN1CCN(Cc2cc3c(nc2C=O)N(C(=O)Nc2cc(NCCSc4ccccc4)c(C#N)cn2)CCC3)C(=O)C1. The van der Waals surface area contributed by atoms with Gasteiger partial charge >= 0.3 is 6.03 Å². The molecule has 3 aromatic rings. The Bertz CT molecular complexity index is 1510. The van der Waals surface area contributed by atoms with Crippen LogP contribution in [0.25, 0.3) is 0 Å². The van der Waals surface area contributed by atoms with Crippen LogP contribution in [-0.4, -0.2) is 83.5 Å². The maximum atomic E-state index is 13.4. The van der Waals surface area contributed by atoms with E-state index in [-0.39, 0.29) is 11.6 Å². The lowest BCUT2D eigenvalue weighted by Crippen LogP contribution is -2.48. The highest BCUT2D eigenvalue weighted by Gasteiger charge is 2.28. The van der Waals surface area contributed by atoms with Crippen molar-refractivity contribution in [2.24, 2.45) is 0 Å². The van der Waals surface area contributed by atoms with Crippen molar-refractivity contribution in [1.29, 1.82) is 5.26 Å². The molecule has 216 valence electrons. The fraction of sp³-hybridized carbons (Fsp3) is 0.333. The number of benzene rings is 1. The molecule has 0 radical (unpaired) electrons. The van der Waals surface area contributed by atoms with Gasteiger partial charge in [-0.25, -0.2) is 14.8 Å². The lowest BCUT2D eigenvalue weighted by molar-refractivity contribution is -0.136. The molecule has 2 aliphatic rings. The van der Waals surface area contributed by atoms with E-state index >= 15 is 0 Å². The van der Waals surface area contributed by atoms with Crippen molar-refractivity contribution in [3.05, 3.63) is 71.0 Å². The molecule has 1 aromatic carbocycles. The minimum Gasteiger partial charge on any atom is -0.383 e. The van der Waals surface area contributed by atoms with E-state index in [2.05, 4.69) is 26.7 Å². The molecule has 0 bridgehead atoms. The number of rotatable bonds is 9. The second kappa shape index (κ2) is 13.5. The number of nitriles is 1. The first-order chi connectivity index (χ1) is 20.4. The van der Waals surface area contributed by atoms with Crippen LogP contribution >= 0.6 is 11.8 Å². The highest BCUT2D eigenvalue weighted by atomic mass is 32.2. The van der Waals surface area contributed by atoms with E-state index in [4.69, 9.17) is 0 Å². The summed E-state index contributed by atoms with van der Waals surface area (Å²) in [5.41, 5.74) is 2.71. The van der Waals surface area contributed by atoms with Crippen LogP contribution in [0.15, 0.2) is 53.6 Å². The number of anilines is 3.